The Morgan fingerprint density at radius 3 is 2.33 bits per heavy atom. The lowest BCUT2D eigenvalue weighted by atomic mass is 9.68. The van der Waals surface area contributed by atoms with Crippen molar-refractivity contribution in [3.63, 3.8) is 0 Å². The summed E-state index contributed by atoms with van der Waals surface area (Å²) in [7, 11) is 4.42. The van der Waals surface area contributed by atoms with Gasteiger partial charge in [-0.1, -0.05) is 36.8 Å². The summed E-state index contributed by atoms with van der Waals surface area (Å²) in [6.07, 6.45) is 12.1. The number of urea groups is 1. The Kier molecular flexibility index (Phi) is 6.14. The number of anilines is 2. The number of aromatic nitrogens is 2. The second-order valence-electron chi connectivity index (χ2n) is 11.7. The van der Waals surface area contributed by atoms with E-state index in [1.54, 1.807) is 0 Å². The molecule has 4 aliphatic rings. The molecule has 0 atom stereocenters. The van der Waals surface area contributed by atoms with E-state index < -0.39 is 0 Å². The molecular weight excluding hydrogens is 448 g/mol. The molecule has 0 N–H and O–H groups in total. The third-order valence-corrected chi connectivity index (χ3v) is 9.62. The Morgan fingerprint density at radius 1 is 0.972 bits per heavy atom. The minimum Gasteiger partial charge on any atom is -0.341 e. The summed E-state index contributed by atoms with van der Waals surface area (Å²) in [4.78, 5) is 32.3. The minimum absolute atomic E-state index is 0.0168. The van der Waals surface area contributed by atoms with Crippen LogP contribution in [0.5, 0.6) is 0 Å². The van der Waals surface area contributed by atoms with Gasteiger partial charge in [0.1, 0.15) is 5.82 Å². The molecule has 192 valence electrons. The molecule has 1 aromatic heterocycles. The normalized spacial score (nSPS) is 29.0. The predicted molar refractivity (Wildman–Crippen MR) is 143 cm³/mol. The van der Waals surface area contributed by atoms with E-state index in [1.807, 2.05) is 17.2 Å². The summed E-state index contributed by atoms with van der Waals surface area (Å²) < 4.78 is 0. The fraction of sp³-hybridized carbons (Fsp3) is 0.621. The molecule has 2 saturated carbocycles. The monoisotopic (exact) mass is 488 g/mol. The Balaban J connectivity index is 1.29. The standard InChI is InChI=1S/C29H40N6O/c1-32(2)29(24-11-4-3-5-12-24)16-14-28(15-17-29)22-34(27(36)35(28)21-23-9-8-10-23)25-13-18-30-26(31-25)33-19-6-7-20-33/h3-5,11-13,18,23H,6-10,14-17,19-22H2,1-2H3/t28-,29-. The topological polar surface area (TPSA) is 55.8 Å². The average Bonchev–Trinajstić information content (AvgIpc) is 3.50. The number of hydrogen-bond donors (Lipinski definition) is 0. The van der Waals surface area contributed by atoms with Crippen molar-refractivity contribution in [1.29, 1.82) is 0 Å². The van der Waals surface area contributed by atoms with Crippen LogP contribution in [0, 0.1) is 5.92 Å². The molecule has 2 aliphatic heterocycles. The van der Waals surface area contributed by atoms with E-state index >= 15 is 0 Å². The number of carbonyl (C=O) groups excluding carboxylic acids is 1. The summed E-state index contributed by atoms with van der Waals surface area (Å²) in [6.45, 7) is 3.62. The third-order valence-electron chi connectivity index (χ3n) is 9.62. The van der Waals surface area contributed by atoms with Crippen LogP contribution in [0.1, 0.15) is 63.4 Å². The summed E-state index contributed by atoms with van der Waals surface area (Å²) in [5, 5.41) is 0. The van der Waals surface area contributed by atoms with Crippen molar-refractivity contribution in [2.24, 2.45) is 5.92 Å². The van der Waals surface area contributed by atoms with Gasteiger partial charge in [-0.3, -0.25) is 9.80 Å². The molecule has 36 heavy (non-hydrogen) atoms. The number of amides is 2. The molecule has 1 aromatic carbocycles. The van der Waals surface area contributed by atoms with E-state index in [0.29, 0.717) is 5.92 Å². The van der Waals surface area contributed by atoms with E-state index in [2.05, 4.69) is 64.1 Å². The predicted octanol–water partition coefficient (Wildman–Crippen LogP) is 4.89. The average molecular weight is 489 g/mol. The van der Waals surface area contributed by atoms with E-state index in [0.717, 1.165) is 63.6 Å². The molecule has 1 spiro atoms. The van der Waals surface area contributed by atoms with Crippen molar-refractivity contribution in [2.75, 3.05) is 50.1 Å². The maximum Gasteiger partial charge on any atom is 0.326 e. The molecule has 2 amide bonds. The van der Waals surface area contributed by atoms with E-state index in [9.17, 15) is 4.79 Å². The van der Waals surface area contributed by atoms with Gasteiger partial charge in [0, 0.05) is 31.4 Å². The smallest absolute Gasteiger partial charge is 0.326 e. The van der Waals surface area contributed by atoms with Crippen molar-refractivity contribution in [3.05, 3.63) is 48.2 Å². The van der Waals surface area contributed by atoms with Crippen LogP contribution in [0.2, 0.25) is 0 Å². The number of rotatable bonds is 6. The minimum atomic E-state index is -0.125. The first-order valence-electron chi connectivity index (χ1n) is 13.9. The molecule has 2 saturated heterocycles. The van der Waals surface area contributed by atoms with Crippen LogP contribution in [0.3, 0.4) is 0 Å². The van der Waals surface area contributed by atoms with Crippen molar-refractivity contribution in [1.82, 2.24) is 19.8 Å². The first-order chi connectivity index (χ1) is 17.5. The van der Waals surface area contributed by atoms with Gasteiger partial charge in [0.25, 0.3) is 0 Å². The lowest BCUT2D eigenvalue weighted by molar-refractivity contribution is 0.0172. The lowest BCUT2D eigenvalue weighted by Gasteiger charge is -2.51. The van der Waals surface area contributed by atoms with Crippen LogP contribution in [0.25, 0.3) is 0 Å². The highest BCUT2D eigenvalue weighted by atomic mass is 16.2. The molecule has 0 bridgehead atoms. The first kappa shape index (κ1) is 23.7. The van der Waals surface area contributed by atoms with Crippen LogP contribution in [-0.4, -0.2) is 71.6 Å². The van der Waals surface area contributed by atoms with Gasteiger partial charge in [0.2, 0.25) is 5.95 Å². The molecule has 0 radical (unpaired) electrons. The second-order valence-corrected chi connectivity index (χ2v) is 11.7. The van der Waals surface area contributed by atoms with Gasteiger partial charge in [0.15, 0.2) is 0 Å². The summed E-state index contributed by atoms with van der Waals surface area (Å²) >= 11 is 0. The van der Waals surface area contributed by atoms with Gasteiger partial charge in [-0.05, 0) is 83.0 Å². The maximum absolute atomic E-state index is 14.0. The zero-order chi connectivity index (χ0) is 24.8. The second kappa shape index (κ2) is 9.33. The van der Waals surface area contributed by atoms with E-state index in [1.165, 1.54) is 37.7 Å². The zero-order valence-corrected chi connectivity index (χ0v) is 21.9. The number of carbonyl (C=O) groups is 1. The van der Waals surface area contributed by atoms with Crippen LogP contribution >= 0.6 is 0 Å². The maximum atomic E-state index is 14.0. The molecular formula is C29H40N6O. The van der Waals surface area contributed by atoms with Crippen molar-refractivity contribution < 1.29 is 4.79 Å². The highest BCUT2D eigenvalue weighted by Crippen LogP contribution is 2.50. The number of nitrogens with zero attached hydrogens (tertiary/aromatic N) is 6. The van der Waals surface area contributed by atoms with E-state index in [4.69, 9.17) is 4.98 Å². The summed E-state index contributed by atoms with van der Waals surface area (Å²) in [6, 6.07) is 13.0. The van der Waals surface area contributed by atoms with Gasteiger partial charge in [-0.25, -0.2) is 9.78 Å². The van der Waals surface area contributed by atoms with Gasteiger partial charge in [-0.15, -0.1) is 0 Å². The highest BCUT2D eigenvalue weighted by Gasteiger charge is 2.55. The summed E-state index contributed by atoms with van der Waals surface area (Å²) in [5.74, 6) is 2.18. The zero-order valence-electron chi connectivity index (χ0n) is 21.9. The molecule has 0 unspecified atom stereocenters. The molecule has 4 fully saturated rings. The van der Waals surface area contributed by atoms with Gasteiger partial charge in [-0.2, -0.15) is 4.98 Å². The fourth-order valence-corrected chi connectivity index (χ4v) is 7.04. The van der Waals surface area contributed by atoms with Gasteiger partial charge >= 0.3 is 6.03 Å². The molecule has 2 aliphatic carbocycles. The lowest BCUT2D eigenvalue weighted by Crippen LogP contribution is -2.56. The van der Waals surface area contributed by atoms with Gasteiger partial charge < -0.3 is 9.80 Å². The van der Waals surface area contributed by atoms with Crippen LogP contribution in [0.4, 0.5) is 16.6 Å². The Morgan fingerprint density at radius 2 is 1.69 bits per heavy atom. The molecule has 7 nitrogen and oxygen atoms in total. The molecule has 7 heteroatoms. The third kappa shape index (κ3) is 3.96. The van der Waals surface area contributed by atoms with Crippen LogP contribution in [0.15, 0.2) is 42.6 Å². The molecule has 2 aromatic rings. The SMILES string of the molecule is CN(C)[C@]1(c2ccccc2)CC[C@@]2(CC1)CN(c1ccnc(N3CCCC3)n1)C(=O)N2CC1CCC1. The van der Waals surface area contributed by atoms with Crippen molar-refractivity contribution >= 4 is 17.8 Å². The first-order valence-corrected chi connectivity index (χ1v) is 13.9. The Labute approximate surface area is 215 Å². The van der Waals surface area contributed by atoms with Crippen molar-refractivity contribution in [2.45, 2.75) is 68.9 Å². The molecule has 6 rings (SSSR count). The quantitative estimate of drug-likeness (QED) is 0.580. The number of hydrogen-bond acceptors (Lipinski definition) is 5. The van der Waals surface area contributed by atoms with Crippen LogP contribution in [-0.2, 0) is 5.54 Å². The van der Waals surface area contributed by atoms with Crippen molar-refractivity contribution in [3.8, 4) is 0 Å². The van der Waals surface area contributed by atoms with E-state index in [-0.39, 0.29) is 17.1 Å². The fourth-order valence-electron chi connectivity index (χ4n) is 7.04. The summed E-state index contributed by atoms with van der Waals surface area (Å²) in [5.41, 5.74) is 1.28. The highest BCUT2D eigenvalue weighted by molar-refractivity contribution is 5.94. The number of benzene rings is 1. The molecule has 3 heterocycles. The van der Waals surface area contributed by atoms with Gasteiger partial charge in [0.05, 0.1) is 12.1 Å². The Bertz CT molecular complexity index is 1070. The largest absolute Gasteiger partial charge is 0.341 e. The van der Waals surface area contributed by atoms with Crippen LogP contribution < -0.4 is 9.80 Å². The Hall–Kier alpha value is -2.67.